The van der Waals surface area contributed by atoms with E-state index in [-0.39, 0.29) is 17.8 Å². The van der Waals surface area contributed by atoms with Crippen LogP contribution in [-0.4, -0.2) is 102 Å². The number of rotatable bonds is 7. The first-order valence-corrected chi connectivity index (χ1v) is 14.6. The third kappa shape index (κ3) is 5.27. The molecular formula is C30H40N6O4. The summed E-state index contributed by atoms with van der Waals surface area (Å²) in [6, 6.07) is 9.05. The molecule has 0 aromatic carbocycles. The van der Waals surface area contributed by atoms with Crippen molar-refractivity contribution >= 4 is 17.3 Å². The van der Waals surface area contributed by atoms with Crippen LogP contribution in [0.25, 0.3) is 16.8 Å². The van der Waals surface area contributed by atoms with Gasteiger partial charge in [-0.2, -0.15) is 5.10 Å². The van der Waals surface area contributed by atoms with Gasteiger partial charge in [-0.15, -0.1) is 0 Å². The van der Waals surface area contributed by atoms with Crippen molar-refractivity contribution < 1.29 is 19.0 Å². The van der Waals surface area contributed by atoms with E-state index in [1.54, 1.807) is 4.90 Å². The monoisotopic (exact) mass is 548 g/mol. The highest BCUT2D eigenvalue weighted by atomic mass is 16.6. The molecule has 0 spiro atoms. The quantitative estimate of drug-likeness (QED) is 0.441. The zero-order valence-corrected chi connectivity index (χ0v) is 23.8. The lowest BCUT2D eigenvalue weighted by Crippen LogP contribution is -2.51. The van der Waals surface area contributed by atoms with Crippen LogP contribution in [0.15, 0.2) is 42.9 Å². The molecule has 3 fully saturated rings. The lowest BCUT2D eigenvalue weighted by atomic mass is 9.84. The number of likely N-dealkylation sites (tertiary alicyclic amines) is 1. The van der Waals surface area contributed by atoms with Crippen LogP contribution >= 0.6 is 0 Å². The molecule has 3 aliphatic rings. The van der Waals surface area contributed by atoms with Gasteiger partial charge in [0.2, 0.25) is 0 Å². The maximum Gasteiger partial charge on any atom is 0.410 e. The number of piperidine rings is 1. The van der Waals surface area contributed by atoms with E-state index < -0.39 is 0 Å². The molecule has 3 aliphatic heterocycles. The summed E-state index contributed by atoms with van der Waals surface area (Å²) < 4.78 is 18.9. The Hall–Kier alpha value is -3.21. The predicted molar refractivity (Wildman–Crippen MR) is 153 cm³/mol. The SMILES string of the molecule is CCOC1(c2ccc(-c3cc4c(N5CCN(C(=O)OC6COC6)CC5)ccnn4c3)nc2)CCN(C(C)C)CC1. The van der Waals surface area contributed by atoms with Crippen molar-refractivity contribution in [3.05, 3.63) is 48.4 Å². The molecule has 0 bridgehead atoms. The number of hydrogen-bond donors (Lipinski definition) is 0. The minimum Gasteiger partial charge on any atom is -0.441 e. The number of anilines is 1. The van der Waals surface area contributed by atoms with Gasteiger partial charge in [-0.3, -0.25) is 4.98 Å². The molecule has 1 amide bonds. The van der Waals surface area contributed by atoms with Gasteiger partial charge in [0.1, 0.15) is 0 Å². The molecule has 0 unspecified atom stereocenters. The van der Waals surface area contributed by atoms with Gasteiger partial charge in [-0.1, -0.05) is 6.07 Å². The molecule has 0 atom stereocenters. The van der Waals surface area contributed by atoms with E-state index >= 15 is 0 Å². The maximum absolute atomic E-state index is 12.4. The number of amides is 1. The van der Waals surface area contributed by atoms with Gasteiger partial charge in [0.05, 0.1) is 35.7 Å². The molecule has 40 heavy (non-hydrogen) atoms. The largest absolute Gasteiger partial charge is 0.441 e. The molecule has 0 radical (unpaired) electrons. The number of piperazine rings is 1. The fourth-order valence-electron chi connectivity index (χ4n) is 6.06. The third-order valence-electron chi connectivity index (χ3n) is 8.58. The maximum atomic E-state index is 12.4. The Morgan fingerprint density at radius 3 is 2.50 bits per heavy atom. The molecule has 0 aliphatic carbocycles. The Labute approximate surface area is 235 Å². The van der Waals surface area contributed by atoms with Crippen molar-refractivity contribution in [3.63, 3.8) is 0 Å². The first-order chi connectivity index (χ1) is 19.5. The fourth-order valence-corrected chi connectivity index (χ4v) is 6.06. The van der Waals surface area contributed by atoms with E-state index in [1.807, 2.05) is 29.2 Å². The first-order valence-electron chi connectivity index (χ1n) is 14.6. The number of nitrogens with zero attached hydrogens (tertiary/aromatic N) is 6. The van der Waals surface area contributed by atoms with Crippen molar-refractivity contribution in [1.82, 2.24) is 24.4 Å². The summed E-state index contributed by atoms with van der Waals surface area (Å²) in [4.78, 5) is 23.9. The standard InChI is InChI=1S/C30H40N6O4/c1-4-39-30(8-11-33(12-9-30)22(2)3)24-5-6-26(31-18-24)23-17-28-27(7-10-32-36(28)19-23)34-13-15-35(16-14-34)29(37)40-25-20-38-21-25/h5-7,10,17-19,22,25H,4,8-9,11-16,20-21H2,1-3H3. The van der Waals surface area contributed by atoms with Crippen molar-refractivity contribution in [2.24, 2.45) is 0 Å². The van der Waals surface area contributed by atoms with Crippen molar-refractivity contribution in [3.8, 4) is 11.3 Å². The second-order valence-electron chi connectivity index (χ2n) is 11.3. The van der Waals surface area contributed by atoms with Crippen LogP contribution in [0.5, 0.6) is 0 Å². The first kappa shape index (κ1) is 27.0. The molecule has 214 valence electrons. The zero-order valence-electron chi connectivity index (χ0n) is 23.8. The van der Waals surface area contributed by atoms with Crippen LogP contribution in [0.2, 0.25) is 0 Å². The van der Waals surface area contributed by atoms with Gasteiger partial charge in [0, 0.05) is 81.6 Å². The van der Waals surface area contributed by atoms with Gasteiger partial charge in [0.25, 0.3) is 0 Å². The summed E-state index contributed by atoms with van der Waals surface area (Å²) in [5.74, 6) is 0. The minimum atomic E-state index is -0.272. The zero-order chi connectivity index (χ0) is 27.7. The summed E-state index contributed by atoms with van der Waals surface area (Å²) in [5.41, 5.74) is 4.95. The average molecular weight is 549 g/mol. The lowest BCUT2D eigenvalue weighted by Gasteiger charge is -2.43. The molecule has 0 saturated carbocycles. The molecule has 3 aromatic rings. The second kappa shape index (κ2) is 11.3. The highest BCUT2D eigenvalue weighted by Crippen LogP contribution is 2.38. The van der Waals surface area contributed by atoms with Crippen LogP contribution in [0.3, 0.4) is 0 Å². The van der Waals surface area contributed by atoms with Crippen molar-refractivity contribution in [2.45, 2.75) is 51.4 Å². The number of fused-ring (bicyclic) bond motifs is 1. The molecule has 3 saturated heterocycles. The normalized spacial score (nSPS) is 20.2. The Bertz CT molecular complexity index is 1310. The molecule has 6 rings (SSSR count). The summed E-state index contributed by atoms with van der Waals surface area (Å²) in [6.45, 7) is 13.0. The minimum absolute atomic E-state index is 0.102. The number of aromatic nitrogens is 3. The van der Waals surface area contributed by atoms with E-state index in [4.69, 9.17) is 19.2 Å². The number of ether oxygens (including phenoxy) is 3. The Kier molecular flexibility index (Phi) is 7.65. The summed E-state index contributed by atoms with van der Waals surface area (Å²) in [5, 5.41) is 4.56. The van der Waals surface area contributed by atoms with Gasteiger partial charge in [0.15, 0.2) is 6.10 Å². The van der Waals surface area contributed by atoms with E-state index in [2.05, 4.69) is 53.9 Å². The summed E-state index contributed by atoms with van der Waals surface area (Å²) in [6.07, 6.45) is 7.47. The highest BCUT2D eigenvalue weighted by Gasteiger charge is 2.38. The average Bonchev–Trinajstić information content (AvgIpc) is 3.40. The number of pyridine rings is 1. The van der Waals surface area contributed by atoms with Crippen molar-refractivity contribution in [1.29, 1.82) is 0 Å². The Balaban J connectivity index is 1.16. The predicted octanol–water partition coefficient (Wildman–Crippen LogP) is 3.79. The molecule has 0 N–H and O–H groups in total. The van der Waals surface area contributed by atoms with Crippen LogP contribution in [-0.2, 0) is 19.8 Å². The fraction of sp³-hybridized carbons (Fsp3) is 0.567. The number of hydrogen-bond acceptors (Lipinski definition) is 8. The van der Waals surface area contributed by atoms with Gasteiger partial charge < -0.3 is 28.9 Å². The van der Waals surface area contributed by atoms with Crippen LogP contribution in [0, 0.1) is 0 Å². The Morgan fingerprint density at radius 1 is 1.10 bits per heavy atom. The van der Waals surface area contributed by atoms with E-state index in [0.717, 1.165) is 67.0 Å². The second-order valence-corrected chi connectivity index (χ2v) is 11.3. The third-order valence-corrected chi connectivity index (χ3v) is 8.58. The van der Waals surface area contributed by atoms with Crippen LogP contribution < -0.4 is 4.90 Å². The van der Waals surface area contributed by atoms with Gasteiger partial charge >= 0.3 is 6.09 Å². The van der Waals surface area contributed by atoms with Crippen molar-refractivity contribution in [2.75, 3.05) is 64.0 Å². The number of carbonyl (C=O) groups is 1. The highest BCUT2D eigenvalue weighted by molar-refractivity contribution is 5.79. The van der Waals surface area contributed by atoms with Crippen LogP contribution in [0.1, 0.15) is 39.2 Å². The molecule has 3 aromatic heterocycles. The summed E-state index contributed by atoms with van der Waals surface area (Å²) in [7, 11) is 0. The molecule has 10 nitrogen and oxygen atoms in total. The van der Waals surface area contributed by atoms with E-state index in [0.29, 0.717) is 39.0 Å². The summed E-state index contributed by atoms with van der Waals surface area (Å²) >= 11 is 0. The van der Waals surface area contributed by atoms with E-state index in [1.165, 1.54) is 0 Å². The van der Waals surface area contributed by atoms with E-state index in [9.17, 15) is 4.79 Å². The molecular weight excluding hydrogens is 508 g/mol. The van der Waals surface area contributed by atoms with Gasteiger partial charge in [-0.25, -0.2) is 9.31 Å². The Morgan fingerprint density at radius 2 is 1.88 bits per heavy atom. The molecule has 10 heteroatoms. The smallest absolute Gasteiger partial charge is 0.410 e. The topological polar surface area (TPSA) is 84.7 Å². The van der Waals surface area contributed by atoms with Crippen LogP contribution in [0.4, 0.5) is 10.5 Å². The van der Waals surface area contributed by atoms with Gasteiger partial charge in [-0.05, 0) is 51.8 Å². The number of carbonyl (C=O) groups excluding carboxylic acids is 1. The lowest BCUT2D eigenvalue weighted by molar-refractivity contribution is -0.104. The molecule has 6 heterocycles.